The second-order valence-electron chi connectivity index (χ2n) is 13.4. The summed E-state index contributed by atoms with van der Waals surface area (Å²) in [4.78, 5) is 29.5. The van der Waals surface area contributed by atoms with Crippen LogP contribution >= 0.6 is 0 Å². The van der Waals surface area contributed by atoms with Gasteiger partial charge in [-0.05, 0) is 69.2 Å². The van der Waals surface area contributed by atoms with Crippen molar-refractivity contribution in [2.24, 2.45) is 0 Å². The number of amides is 1. The summed E-state index contributed by atoms with van der Waals surface area (Å²) >= 11 is 0. The number of nitrogens with two attached hydrogens (primary N) is 1. The summed E-state index contributed by atoms with van der Waals surface area (Å²) in [7, 11) is 0. The SMILES string of the molecule is CC(C)(C=C(C#N)C(=O)N1CCC[C@@H](c2cn(-c3ccc(Oc4ccccc4)cc3)c3c(N)ncnc23)C1)N1CCN(C2COC2)CC1. The third-order valence-corrected chi connectivity index (χ3v) is 9.99. The molecule has 0 spiro atoms. The number of nitrogens with zero attached hydrogens (tertiary/aromatic N) is 7. The van der Waals surface area contributed by atoms with Gasteiger partial charge in [-0.3, -0.25) is 14.6 Å². The number of nitriles is 1. The predicted octanol–water partition coefficient (Wildman–Crippen LogP) is 4.75. The molecular weight excluding hydrogens is 604 g/mol. The first kappa shape index (κ1) is 31.8. The van der Waals surface area contributed by atoms with Crippen molar-refractivity contribution in [1.82, 2.24) is 29.2 Å². The lowest BCUT2D eigenvalue weighted by Crippen LogP contribution is -2.59. The van der Waals surface area contributed by atoms with Gasteiger partial charge in [-0.2, -0.15) is 5.26 Å². The van der Waals surface area contributed by atoms with Gasteiger partial charge < -0.3 is 24.7 Å². The number of fused-ring (bicyclic) bond motifs is 1. The van der Waals surface area contributed by atoms with Gasteiger partial charge in [0.1, 0.15) is 35.0 Å². The van der Waals surface area contributed by atoms with Crippen molar-refractivity contribution in [3.63, 3.8) is 0 Å². The van der Waals surface area contributed by atoms with E-state index in [0.29, 0.717) is 24.9 Å². The molecule has 1 atom stereocenters. The molecule has 11 nitrogen and oxygen atoms in total. The Bertz CT molecular complexity index is 1830. The lowest BCUT2D eigenvalue weighted by Gasteiger charge is -2.46. The van der Waals surface area contributed by atoms with Crippen LogP contribution in [0.1, 0.15) is 38.2 Å². The summed E-state index contributed by atoms with van der Waals surface area (Å²) in [5.74, 6) is 1.69. The number of benzene rings is 2. The number of likely N-dealkylation sites (tertiary alicyclic amines) is 1. The zero-order chi connectivity index (χ0) is 33.3. The minimum Gasteiger partial charge on any atom is -0.457 e. The average molecular weight is 647 g/mol. The molecule has 3 aliphatic rings. The Hall–Kier alpha value is -4.76. The highest BCUT2D eigenvalue weighted by Gasteiger charge is 2.35. The van der Waals surface area contributed by atoms with Gasteiger partial charge in [0, 0.05) is 68.2 Å². The Morgan fingerprint density at radius 1 is 1.02 bits per heavy atom. The maximum absolute atomic E-state index is 13.9. The van der Waals surface area contributed by atoms with Crippen LogP contribution in [-0.2, 0) is 9.53 Å². The predicted molar refractivity (Wildman–Crippen MR) is 184 cm³/mol. The van der Waals surface area contributed by atoms with Crippen LogP contribution in [0, 0.1) is 11.3 Å². The molecule has 2 aromatic heterocycles. The maximum atomic E-state index is 13.9. The lowest BCUT2D eigenvalue weighted by atomic mass is 9.91. The average Bonchev–Trinajstić information content (AvgIpc) is 3.48. The van der Waals surface area contributed by atoms with Gasteiger partial charge in [-0.25, -0.2) is 9.97 Å². The first-order valence-electron chi connectivity index (χ1n) is 16.7. The number of anilines is 1. The molecule has 11 heteroatoms. The summed E-state index contributed by atoms with van der Waals surface area (Å²) in [6, 6.07) is 20.2. The molecule has 4 aromatic rings. The minimum atomic E-state index is -0.429. The maximum Gasteiger partial charge on any atom is 0.264 e. The van der Waals surface area contributed by atoms with Crippen molar-refractivity contribution in [3.05, 3.63) is 84.3 Å². The lowest BCUT2D eigenvalue weighted by molar-refractivity contribution is -0.128. The van der Waals surface area contributed by atoms with E-state index in [1.54, 1.807) is 0 Å². The Labute approximate surface area is 281 Å². The normalized spacial score (nSPS) is 20.0. The minimum absolute atomic E-state index is 0.0259. The smallest absolute Gasteiger partial charge is 0.264 e. The molecule has 7 rings (SSSR count). The Balaban J connectivity index is 1.09. The summed E-state index contributed by atoms with van der Waals surface area (Å²) in [6.07, 6.45) is 7.15. The van der Waals surface area contributed by atoms with Crippen molar-refractivity contribution >= 4 is 22.8 Å². The molecule has 3 saturated heterocycles. The molecule has 48 heavy (non-hydrogen) atoms. The van der Waals surface area contributed by atoms with Gasteiger partial charge in [0.2, 0.25) is 0 Å². The summed E-state index contributed by atoms with van der Waals surface area (Å²) < 4.78 is 13.4. The van der Waals surface area contributed by atoms with Crippen LogP contribution in [0.4, 0.5) is 5.82 Å². The standard InChI is InChI=1S/C37H42N8O3/c1-37(2,44-17-15-42(16-18-44)29-23-47-24-29)19-27(20-38)36(46)43-14-6-7-26(21-43)32-22-45(34-33(32)40-25-41-35(34)39)28-10-12-31(13-11-28)48-30-8-4-3-5-9-30/h3-5,8-13,19,22,25-26,29H,6-7,14-18,21,23-24H2,1-2H3,(H2,39,40,41)/t26-/m1/s1. The Morgan fingerprint density at radius 2 is 1.75 bits per heavy atom. The Morgan fingerprint density at radius 3 is 2.44 bits per heavy atom. The van der Waals surface area contributed by atoms with Crippen molar-refractivity contribution in [2.45, 2.75) is 44.2 Å². The van der Waals surface area contributed by atoms with Crippen molar-refractivity contribution in [1.29, 1.82) is 5.26 Å². The number of piperidine rings is 1. The molecule has 2 aromatic carbocycles. The zero-order valence-electron chi connectivity index (χ0n) is 27.6. The number of hydrogen-bond acceptors (Lipinski definition) is 9. The molecule has 0 radical (unpaired) electrons. The fourth-order valence-electron chi connectivity index (χ4n) is 7.18. The van der Waals surface area contributed by atoms with Crippen LogP contribution in [0.25, 0.3) is 16.7 Å². The van der Waals surface area contributed by atoms with Gasteiger partial charge in [-0.1, -0.05) is 18.2 Å². The molecular formula is C37H42N8O3. The molecule has 248 valence electrons. The first-order chi connectivity index (χ1) is 23.3. The number of ether oxygens (including phenoxy) is 2. The van der Waals surface area contributed by atoms with Crippen LogP contribution in [0.2, 0.25) is 0 Å². The monoisotopic (exact) mass is 646 g/mol. The number of rotatable bonds is 8. The quantitative estimate of drug-likeness (QED) is 0.213. The van der Waals surface area contributed by atoms with E-state index in [0.717, 1.165) is 86.0 Å². The molecule has 5 heterocycles. The second kappa shape index (κ2) is 13.4. The Kier molecular flexibility index (Phi) is 8.88. The topological polar surface area (TPSA) is 126 Å². The van der Waals surface area contributed by atoms with Crippen molar-refractivity contribution in [3.8, 4) is 23.3 Å². The van der Waals surface area contributed by atoms with E-state index in [4.69, 9.17) is 15.2 Å². The second-order valence-corrected chi connectivity index (χ2v) is 13.4. The molecule has 1 amide bonds. The summed E-state index contributed by atoms with van der Waals surface area (Å²) in [5, 5.41) is 10.2. The van der Waals surface area contributed by atoms with E-state index in [2.05, 4.69) is 45.9 Å². The van der Waals surface area contributed by atoms with Crippen molar-refractivity contribution in [2.75, 3.05) is 58.2 Å². The number of hydrogen-bond donors (Lipinski definition) is 1. The van der Waals surface area contributed by atoms with E-state index in [9.17, 15) is 10.1 Å². The van der Waals surface area contributed by atoms with E-state index in [1.165, 1.54) is 6.33 Å². The van der Waals surface area contributed by atoms with Crippen LogP contribution in [0.5, 0.6) is 11.5 Å². The third-order valence-electron chi connectivity index (χ3n) is 9.99. The molecule has 0 saturated carbocycles. The molecule has 0 unspecified atom stereocenters. The number of para-hydroxylation sites is 1. The third kappa shape index (κ3) is 6.39. The van der Waals surface area contributed by atoms with E-state index in [1.807, 2.05) is 70.1 Å². The summed E-state index contributed by atoms with van der Waals surface area (Å²) in [6.45, 7) is 10.6. The fourth-order valence-corrected chi connectivity index (χ4v) is 7.18. The molecule has 0 aliphatic carbocycles. The highest BCUT2D eigenvalue weighted by atomic mass is 16.5. The molecule has 0 bridgehead atoms. The van der Waals surface area contributed by atoms with Crippen LogP contribution in [0.3, 0.4) is 0 Å². The van der Waals surface area contributed by atoms with Crippen LogP contribution in [0.15, 0.2) is 78.8 Å². The van der Waals surface area contributed by atoms with Gasteiger partial charge >= 0.3 is 0 Å². The van der Waals surface area contributed by atoms with Gasteiger partial charge in [0.05, 0.1) is 24.8 Å². The molecule has 2 N–H and O–H groups in total. The number of carbonyl (C=O) groups excluding carboxylic acids is 1. The zero-order valence-corrected chi connectivity index (χ0v) is 27.6. The largest absolute Gasteiger partial charge is 0.457 e. The summed E-state index contributed by atoms with van der Waals surface area (Å²) in [5.41, 5.74) is 9.62. The van der Waals surface area contributed by atoms with E-state index >= 15 is 0 Å². The number of piperazine rings is 1. The highest BCUT2D eigenvalue weighted by Crippen LogP contribution is 2.36. The first-order valence-corrected chi connectivity index (χ1v) is 16.7. The molecule has 3 aliphatic heterocycles. The van der Waals surface area contributed by atoms with Crippen molar-refractivity contribution < 1.29 is 14.3 Å². The fraction of sp³-hybridized carbons (Fsp3) is 0.405. The van der Waals surface area contributed by atoms with E-state index < -0.39 is 5.54 Å². The highest BCUT2D eigenvalue weighted by molar-refractivity contribution is 5.97. The van der Waals surface area contributed by atoms with Crippen LogP contribution in [-0.4, -0.2) is 99.2 Å². The van der Waals surface area contributed by atoms with Gasteiger partial charge in [-0.15, -0.1) is 0 Å². The number of carbonyl (C=O) groups is 1. The van der Waals surface area contributed by atoms with Gasteiger partial charge in [0.15, 0.2) is 5.82 Å². The van der Waals surface area contributed by atoms with Gasteiger partial charge in [0.25, 0.3) is 5.91 Å². The van der Waals surface area contributed by atoms with E-state index in [-0.39, 0.29) is 17.4 Å². The van der Waals surface area contributed by atoms with Crippen LogP contribution < -0.4 is 10.5 Å². The number of aromatic nitrogens is 3. The number of nitrogen functional groups attached to an aromatic ring is 1. The molecule has 3 fully saturated rings.